The van der Waals surface area contributed by atoms with Crippen molar-refractivity contribution in [2.75, 3.05) is 0 Å². The van der Waals surface area contributed by atoms with Gasteiger partial charge in [-0.2, -0.15) is 0 Å². The molecule has 3 N–H and O–H groups in total. The molecule has 1 nitrogen and oxygen atoms in total. The Morgan fingerprint density at radius 3 is 1.92 bits per heavy atom. The zero-order valence-corrected chi connectivity index (χ0v) is 9.94. The lowest BCUT2D eigenvalue weighted by atomic mass is 10.00. The first-order chi connectivity index (χ1) is 5.81. The van der Waals surface area contributed by atoms with Crippen molar-refractivity contribution < 1.29 is 0 Å². The fourth-order valence-electron chi connectivity index (χ4n) is 1.48. The fourth-order valence-corrected chi connectivity index (χ4v) is 1.48. The molecule has 0 saturated heterocycles. The van der Waals surface area contributed by atoms with Crippen molar-refractivity contribution in [2.24, 2.45) is 5.92 Å². The van der Waals surface area contributed by atoms with Gasteiger partial charge in [0.05, 0.1) is 0 Å². The van der Waals surface area contributed by atoms with Crippen LogP contribution in [0.2, 0.25) is 0 Å². The van der Waals surface area contributed by atoms with E-state index in [1.807, 2.05) is 0 Å². The maximum absolute atomic E-state index is 2.37. The van der Waals surface area contributed by atoms with E-state index in [0.717, 1.165) is 5.92 Å². The highest BCUT2D eigenvalue weighted by Crippen LogP contribution is 2.13. The first kappa shape index (κ1) is 15.4. The van der Waals surface area contributed by atoms with E-state index in [1.165, 1.54) is 51.4 Å². The van der Waals surface area contributed by atoms with Crippen molar-refractivity contribution in [3.8, 4) is 0 Å². The summed E-state index contributed by atoms with van der Waals surface area (Å²) < 4.78 is 0. The van der Waals surface area contributed by atoms with Crippen LogP contribution < -0.4 is 6.15 Å². The molecule has 0 heterocycles. The molecule has 0 fully saturated rings. The van der Waals surface area contributed by atoms with E-state index in [2.05, 4.69) is 20.8 Å². The molecule has 1 heteroatoms. The Labute approximate surface area is 84.9 Å². The monoisotopic (exact) mass is 187 g/mol. The van der Waals surface area contributed by atoms with Crippen LogP contribution in [0.5, 0.6) is 0 Å². The molecule has 0 saturated carbocycles. The van der Waals surface area contributed by atoms with Gasteiger partial charge in [0.1, 0.15) is 0 Å². The van der Waals surface area contributed by atoms with E-state index in [0.29, 0.717) is 0 Å². The lowest BCUT2D eigenvalue weighted by molar-refractivity contribution is 0.472. The minimum absolute atomic E-state index is 0. The molecule has 13 heavy (non-hydrogen) atoms. The van der Waals surface area contributed by atoms with Gasteiger partial charge in [-0.3, -0.25) is 0 Å². The summed E-state index contributed by atoms with van der Waals surface area (Å²) in [5.41, 5.74) is 0. The van der Waals surface area contributed by atoms with Gasteiger partial charge in [0.25, 0.3) is 0 Å². The van der Waals surface area contributed by atoms with Gasteiger partial charge in [0.15, 0.2) is 0 Å². The predicted molar refractivity (Wildman–Crippen MR) is 62.5 cm³/mol. The molecule has 0 rings (SSSR count). The second-order valence-electron chi connectivity index (χ2n) is 4.07. The molecule has 0 aliphatic rings. The third-order valence-corrected chi connectivity index (χ3v) is 2.75. The van der Waals surface area contributed by atoms with Crippen LogP contribution in [0.4, 0.5) is 0 Å². The summed E-state index contributed by atoms with van der Waals surface area (Å²) in [6.45, 7) is 6.94. The summed E-state index contributed by atoms with van der Waals surface area (Å²) in [6, 6.07) is 0. The topological polar surface area (TPSA) is 35.0 Å². The van der Waals surface area contributed by atoms with Gasteiger partial charge in [-0.15, -0.1) is 0 Å². The third kappa shape index (κ3) is 12.0. The Kier molecular flexibility index (Phi) is 14.2. The van der Waals surface area contributed by atoms with Crippen molar-refractivity contribution in [2.45, 2.75) is 72.1 Å². The van der Waals surface area contributed by atoms with Crippen LogP contribution in [-0.2, 0) is 0 Å². The molecule has 1 unspecified atom stereocenters. The van der Waals surface area contributed by atoms with E-state index in [-0.39, 0.29) is 6.15 Å². The SMILES string of the molecule is CCCCCCCCC(C)CC.N. The molecule has 0 aromatic carbocycles. The van der Waals surface area contributed by atoms with Crippen LogP contribution in [0.1, 0.15) is 72.1 Å². The van der Waals surface area contributed by atoms with E-state index in [4.69, 9.17) is 0 Å². The van der Waals surface area contributed by atoms with Gasteiger partial charge in [0.2, 0.25) is 0 Å². The lowest BCUT2D eigenvalue weighted by Crippen LogP contribution is -1.91. The van der Waals surface area contributed by atoms with E-state index in [1.54, 1.807) is 0 Å². The van der Waals surface area contributed by atoms with Crippen molar-refractivity contribution >= 4 is 0 Å². The van der Waals surface area contributed by atoms with E-state index in [9.17, 15) is 0 Å². The van der Waals surface area contributed by atoms with Gasteiger partial charge in [-0.1, -0.05) is 72.1 Å². The van der Waals surface area contributed by atoms with Gasteiger partial charge in [0, 0.05) is 0 Å². The maximum atomic E-state index is 2.37. The summed E-state index contributed by atoms with van der Waals surface area (Å²) in [7, 11) is 0. The van der Waals surface area contributed by atoms with Gasteiger partial charge < -0.3 is 6.15 Å². The van der Waals surface area contributed by atoms with Gasteiger partial charge >= 0.3 is 0 Å². The van der Waals surface area contributed by atoms with Crippen LogP contribution >= 0.6 is 0 Å². The molecule has 0 amide bonds. The minimum Gasteiger partial charge on any atom is -0.344 e. The highest BCUT2D eigenvalue weighted by Gasteiger charge is 1.97. The van der Waals surface area contributed by atoms with E-state index >= 15 is 0 Å². The quantitative estimate of drug-likeness (QED) is 0.536. The summed E-state index contributed by atoms with van der Waals surface area (Å²) in [5.74, 6) is 0.955. The zero-order valence-electron chi connectivity index (χ0n) is 9.94. The Hall–Kier alpha value is -0.0400. The third-order valence-electron chi connectivity index (χ3n) is 2.75. The molecule has 0 aliphatic heterocycles. The van der Waals surface area contributed by atoms with Crippen molar-refractivity contribution in [3.05, 3.63) is 0 Å². The van der Waals surface area contributed by atoms with Crippen molar-refractivity contribution in [3.63, 3.8) is 0 Å². The number of hydrogen-bond donors (Lipinski definition) is 1. The molecule has 0 aliphatic carbocycles. The molecule has 0 aromatic rings. The Morgan fingerprint density at radius 1 is 0.846 bits per heavy atom. The molecular weight excluding hydrogens is 158 g/mol. The zero-order chi connectivity index (χ0) is 9.23. The number of unbranched alkanes of at least 4 members (excludes halogenated alkanes) is 5. The molecule has 1 atom stereocenters. The maximum Gasteiger partial charge on any atom is -0.0445 e. The van der Waals surface area contributed by atoms with Crippen LogP contribution in [0.15, 0.2) is 0 Å². The largest absolute Gasteiger partial charge is 0.344 e. The van der Waals surface area contributed by atoms with E-state index < -0.39 is 0 Å². The normalized spacial score (nSPS) is 12.2. The molecule has 0 radical (unpaired) electrons. The fraction of sp³-hybridized carbons (Fsp3) is 1.00. The number of rotatable bonds is 8. The average Bonchev–Trinajstić information content (AvgIpc) is 2.10. The van der Waals surface area contributed by atoms with Crippen LogP contribution in [0.3, 0.4) is 0 Å². The Morgan fingerprint density at radius 2 is 1.38 bits per heavy atom. The highest BCUT2D eigenvalue weighted by atomic mass is 14.0. The second kappa shape index (κ2) is 12.0. The molecule has 0 spiro atoms. The van der Waals surface area contributed by atoms with Crippen LogP contribution in [0.25, 0.3) is 0 Å². The Balaban J connectivity index is 0. The lowest BCUT2D eigenvalue weighted by Gasteiger charge is -2.06. The summed E-state index contributed by atoms with van der Waals surface area (Å²) in [5, 5.41) is 0. The standard InChI is InChI=1S/C12H26.H3N/c1-4-6-7-8-9-10-11-12(3)5-2;/h12H,4-11H2,1-3H3;1H3. The first-order valence-electron chi connectivity index (χ1n) is 5.81. The Bertz CT molecular complexity index is 81.2. The predicted octanol–water partition coefficient (Wildman–Crippen LogP) is 4.95. The smallest absolute Gasteiger partial charge is 0.0445 e. The molecular formula is C12H29N. The minimum atomic E-state index is 0. The van der Waals surface area contributed by atoms with Crippen molar-refractivity contribution in [1.29, 1.82) is 0 Å². The van der Waals surface area contributed by atoms with Gasteiger partial charge in [-0.25, -0.2) is 0 Å². The average molecular weight is 187 g/mol. The highest BCUT2D eigenvalue weighted by molar-refractivity contribution is 4.51. The van der Waals surface area contributed by atoms with Gasteiger partial charge in [-0.05, 0) is 5.92 Å². The molecule has 0 bridgehead atoms. The molecule has 82 valence electrons. The first-order valence-corrected chi connectivity index (χ1v) is 5.81. The number of hydrogen-bond acceptors (Lipinski definition) is 1. The summed E-state index contributed by atoms with van der Waals surface area (Å²) in [6.07, 6.45) is 11.4. The molecule has 0 aromatic heterocycles. The summed E-state index contributed by atoms with van der Waals surface area (Å²) in [4.78, 5) is 0. The van der Waals surface area contributed by atoms with Crippen LogP contribution in [0, 0.1) is 5.92 Å². The van der Waals surface area contributed by atoms with Crippen LogP contribution in [-0.4, -0.2) is 0 Å². The summed E-state index contributed by atoms with van der Waals surface area (Å²) >= 11 is 0. The second-order valence-corrected chi connectivity index (χ2v) is 4.07. The van der Waals surface area contributed by atoms with Crippen molar-refractivity contribution in [1.82, 2.24) is 6.15 Å².